The van der Waals surface area contributed by atoms with Crippen LogP contribution in [0.4, 0.5) is 16.2 Å². The third-order valence-corrected chi connectivity index (χ3v) is 5.23. The van der Waals surface area contributed by atoms with E-state index < -0.39 is 34.7 Å². The van der Waals surface area contributed by atoms with Gasteiger partial charge < -0.3 is 10.6 Å². The second-order valence-corrected chi connectivity index (χ2v) is 7.89. The first kappa shape index (κ1) is 22.6. The molecule has 10 heteroatoms. The van der Waals surface area contributed by atoms with Gasteiger partial charge in [-0.1, -0.05) is 13.8 Å². The van der Waals surface area contributed by atoms with E-state index in [4.69, 9.17) is 0 Å². The van der Waals surface area contributed by atoms with E-state index in [2.05, 4.69) is 10.6 Å². The van der Waals surface area contributed by atoms with Crippen LogP contribution in [0.25, 0.3) is 0 Å². The normalized spacial score (nSPS) is 17.9. The number of hydrogen-bond donors (Lipinski definition) is 2. The minimum Gasteiger partial charge on any atom is -0.326 e. The molecule has 0 radical (unpaired) electrons. The highest BCUT2D eigenvalue weighted by Gasteiger charge is 2.49. The number of nitrogens with one attached hydrogen (secondary N) is 2. The van der Waals surface area contributed by atoms with E-state index in [0.717, 1.165) is 4.90 Å². The van der Waals surface area contributed by atoms with Crippen molar-refractivity contribution in [1.29, 1.82) is 0 Å². The Labute approximate surface area is 183 Å². The molecule has 1 aliphatic rings. The fourth-order valence-electron chi connectivity index (χ4n) is 3.21. The summed E-state index contributed by atoms with van der Waals surface area (Å²) in [4.78, 5) is 60.9. The van der Waals surface area contributed by atoms with Crippen molar-refractivity contribution in [3.63, 3.8) is 0 Å². The van der Waals surface area contributed by atoms with Gasteiger partial charge in [0.05, 0.1) is 11.5 Å². The number of ketones is 1. The van der Waals surface area contributed by atoms with Gasteiger partial charge in [-0.05, 0) is 48.9 Å². The molecular weight excluding hydrogens is 416 g/mol. The van der Waals surface area contributed by atoms with E-state index >= 15 is 0 Å². The molecule has 10 nitrogen and oxygen atoms in total. The second-order valence-electron chi connectivity index (χ2n) is 7.89. The molecule has 1 unspecified atom stereocenters. The zero-order chi connectivity index (χ0) is 23.6. The number of Topliss-reactive ketones (excluding diaryl/α,β-unsaturated/α-hetero) is 1. The van der Waals surface area contributed by atoms with E-state index in [1.165, 1.54) is 43.3 Å². The van der Waals surface area contributed by atoms with Crippen molar-refractivity contribution in [2.24, 2.45) is 5.92 Å². The lowest BCUT2D eigenvalue weighted by Gasteiger charge is -2.22. The maximum atomic E-state index is 13.0. The van der Waals surface area contributed by atoms with Gasteiger partial charge >= 0.3 is 6.03 Å². The fourth-order valence-corrected chi connectivity index (χ4v) is 3.21. The standard InChI is InChI=1S/C22H22N4O6/c1-13(2)19(28)23-16-8-4-14(5-9-16)18(27)12-25-20(29)22(3,24-21(25)30)15-6-10-17(11-7-15)26(31)32/h4-11,13H,12H2,1-3H3,(H,23,28)(H,24,30). The van der Waals surface area contributed by atoms with Crippen molar-refractivity contribution >= 4 is 35.0 Å². The molecular formula is C22H22N4O6. The molecule has 2 aromatic carbocycles. The summed E-state index contributed by atoms with van der Waals surface area (Å²) in [5, 5.41) is 16.1. The van der Waals surface area contributed by atoms with Crippen LogP contribution < -0.4 is 10.6 Å². The van der Waals surface area contributed by atoms with Crippen LogP contribution in [-0.4, -0.2) is 40.0 Å². The SMILES string of the molecule is CC(C)C(=O)Nc1ccc(C(=O)CN2C(=O)NC(C)(c3ccc([N+](=O)[O-])cc3)C2=O)cc1. The van der Waals surface area contributed by atoms with Crippen LogP contribution in [-0.2, 0) is 15.1 Å². The molecule has 3 rings (SSSR count). The monoisotopic (exact) mass is 438 g/mol. The summed E-state index contributed by atoms with van der Waals surface area (Å²) in [5.41, 5.74) is -0.425. The van der Waals surface area contributed by atoms with Gasteiger partial charge in [0.1, 0.15) is 5.54 Å². The molecule has 0 saturated carbocycles. The number of non-ortho nitro benzene ring substituents is 1. The van der Waals surface area contributed by atoms with Crippen molar-refractivity contribution < 1.29 is 24.1 Å². The van der Waals surface area contributed by atoms with Gasteiger partial charge in [-0.25, -0.2) is 4.79 Å². The highest BCUT2D eigenvalue weighted by atomic mass is 16.6. The van der Waals surface area contributed by atoms with Crippen molar-refractivity contribution in [1.82, 2.24) is 10.2 Å². The minimum absolute atomic E-state index is 0.144. The lowest BCUT2D eigenvalue weighted by atomic mass is 9.92. The second kappa shape index (κ2) is 8.58. The van der Waals surface area contributed by atoms with E-state index in [1.807, 2.05) is 0 Å². The molecule has 2 aromatic rings. The van der Waals surface area contributed by atoms with E-state index in [1.54, 1.807) is 26.0 Å². The van der Waals surface area contributed by atoms with Gasteiger partial charge in [-0.15, -0.1) is 0 Å². The minimum atomic E-state index is -1.45. The fraction of sp³-hybridized carbons (Fsp3) is 0.273. The summed E-state index contributed by atoms with van der Waals surface area (Å²) in [5.74, 6) is -1.44. The smallest absolute Gasteiger partial charge is 0.325 e. The first-order valence-corrected chi connectivity index (χ1v) is 9.86. The van der Waals surface area contributed by atoms with E-state index in [9.17, 15) is 29.3 Å². The van der Waals surface area contributed by atoms with Crippen molar-refractivity contribution in [3.8, 4) is 0 Å². The molecule has 1 heterocycles. The van der Waals surface area contributed by atoms with Crippen LogP contribution in [0.1, 0.15) is 36.7 Å². The number of hydrogen-bond acceptors (Lipinski definition) is 6. The number of nitrogens with zero attached hydrogens (tertiary/aromatic N) is 2. The summed E-state index contributed by atoms with van der Waals surface area (Å²) in [6.45, 7) is 4.53. The average Bonchev–Trinajstić information content (AvgIpc) is 2.98. The van der Waals surface area contributed by atoms with Crippen LogP contribution >= 0.6 is 0 Å². The van der Waals surface area contributed by atoms with Gasteiger partial charge in [-0.3, -0.25) is 29.4 Å². The van der Waals surface area contributed by atoms with Gasteiger partial charge in [0.15, 0.2) is 5.78 Å². The first-order chi connectivity index (χ1) is 15.0. The zero-order valence-electron chi connectivity index (χ0n) is 17.7. The Morgan fingerprint density at radius 1 is 1.09 bits per heavy atom. The molecule has 0 spiro atoms. The number of urea groups is 1. The number of carbonyl (C=O) groups excluding carboxylic acids is 4. The lowest BCUT2D eigenvalue weighted by molar-refractivity contribution is -0.384. The quantitative estimate of drug-likeness (QED) is 0.295. The molecule has 1 saturated heterocycles. The van der Waals surface area contributed by atoms with Crippen molar-refractivity contribution in [3.05, 3.63) is 69.8 Å². The topological polar surface area (TPSA) is 139 Å². The Balaban J connectivity index is 1.73. The molecule has 32 heavy (non-hydrogen) atoms. The Kier molecular flexibility index (Phi) is 6.06. The summed E-state index contributed by atoms with van der Waals surface area (Å²) < 4.78 is 0. The number of imide groups is 1. The van der Waals surface area contributed by atoms with E-state index in [-0.39, 0.29) is 23.1 Å². The number of nitro groups is 1. The number of anilines is 1. The predicted molar refractivity (Wildman–Crippen MR) is 115 cm³/mol. The Bertz CT molecular complexity index is 1090. The Morgan fingerprint density at radius 3 is 2.22 bits per heavy atom. The summed E-state index contributed by atoms with van der Waals surface area (Å²) in [7, 11) is 0. The highest BCUT2D eigenvalue weighted by Crippen LogP contribution is 2.30. The molecule has 1 aliphatic heterocycles. The van der Waals surface area contributed by atoms with Crippen LogP contribution in [0.15, 0.2) is 48.5 Å². The predicted octanol–water partition coefficient (Wildman–Crippen LogP) is 2.84. The molecule has 4 amide bonds. The molecule has 1 fully saturated rings. The lowest BCUT2D eigenvalue weighted by Crippen LogP contribution is -2.41. The summed E-state index contributed by atoms with van der Waals surface area (Å²) in [6.07, 6.45) is 0. The molecule has 2 N–H and O–H groups in total. The number of nitro benzene ring substituents is 1. The molecule has 0 aromatic heterocycles. The zero-order valence-corrected chi connectivity index (χ0v) is 17.7. The van der Waals surface area contributed by atoms with Crippen LogP contribution in [0.3, 0.4) is 0 Å². The Hall–Kier alpha value is -4.08. The maximum Gasteiger partial charge on any atom is 0.325 e. The van der Waals surface area contributed by atoms with Crippen molar-refractivity contribution in [2.45, 2.75) is 26.3 Å². The van der Waals surface area contributed by atoms with Gasteiger partial charge in [0.2, 0.25) is 5.91 Å². The van der Waals surface area contributed by atoms with Gasteiger partial charge in [0, 0.05) is 29.3 Å². The first-order valence-electron chi connectivity index (χ1n) is 9.86. The van der Waals surface area contributed by atoms with Crippen LogP contribution in [0, 0.1) is 16.0 Å². The van der Waals surface area contributed by atoms with E-state index in [0.29, 0.717) is 11.3 Å². The molecule has 166 valence electrons. The number of rotatable bonds is 7. The van der Waals surface area contributed by atoms with Crippen LogP contribution in [0.5, 0.6) is 0 Å². The van der Waals surface area contributed by atoms with Crippen molar-refractivity contribution in [2.75, 3.05) is 11.9 Å². The molecule has 0 aliphatic carbocycles. The third kappa shape index (κ3) is 4.34. The third-order valence-electron chi connectivity index (χ3n) is 5.23. The maximum absolute atomic E-state index is 13.0. The Morgan fingerprint density at radius 2 is 1.69 bits per heavy atom. The number of amides is 4. The average molecular weight is 438 g/mol. The molecule has 1 atom stereocenters. The number of carbonyl (C=O) groups is 4. The summed E-state index contributed by atoms with van der Waals surface area (Å²) in [6, 6.07) is 10.7. The summed E-state index contributed by atoms with van der Waals surface area (Å²) >= 11 is 0. The molecule has 0 bridgehead atoms. The largest absolute Gasteiger partial charge is 0.326 e. The van der Waals surface area contributed by atoms with Gasteiger partial charge in [-0.2, -0.15) is 0 Å². The van der Waals surface area contributed by atoms with Crippen LogP contribution in [0.2, 0.25) is 0 Å². The number of benzene rings is 2. The van der Waals surface area contributed by atoms with Gasteiger partial charge in [0.25, 0.3) is 11.6 Å². The highest BCUT2D eigenvalue weighted by molar-refractivity contribution is 6.11.